The van der Waals surface area contributed by atoms with Crippen LogP contribution in [0.3, 0.4) is 0 Å². The molecule has 0 radical (unpaired) electrons. The van der Waals surface area contributed by atoms with Crippen LogP contribution in [0, 0.1) is 10.6 Å². The van der Waals surface area contributed by atoms with E-state index in [9.17, 15) is 14.0 Å². The van der Waals surface area contributed by atoms with Gasteiger partial charge in [0.25, 0.3) is 11.5 Å². The van der Waals surface area contributed by atoms with Crippen molar-refractivity contribution in [3.05, 3.63) is 80.6 Å². The van der Waals surface area contributed by atoms with Gasteiger partial charge in [-0.25, -0.2) is 8.96 Å². The lowest BCUT2D eigenvalue weighted by molar-refractivity contribution is 0.0949. The molecule has 0 aliphatic carbocycles. The van der Waals surface area contributed by atoms with Crippen LogP contribution in [-0.4, -0.2) is 30.2 Å². The number of hydrogen-bond donors (Lipinski definition) is 2. The number of amides is 1. The van der Waals surface area contributed by atoms with Gasteiger partial charge in [0.05, 0.1) is 23.1 Å². The number of carbonyl (C=O) groups excluding carboxylic acids is 1. The molecule has 4 aromatic rings. The Morgan fingerprint density at radius 2 is 2.03 bits per heavy atom. The highest BCUT2D eigenvalue weighted by Crippen LogP contribution is 2.16. The number of nitrogens with one attached hydrogen (secondary N) is 2. The third-order valence-electron chi connectivity index (χ3n) is 5.60. The molecule has 0 saturated heterocycles. The molecule has 2 N–H and O–H groups in total. The fourth-order valence-corrected chi connectivity index (χ4v) is 4.26. The standard InChI is InChI=1S/C22H19FN6O2S/c23-15-5-1-2-6-17(15)29-21(31)14-9-8-13(11-16(14)25-22(29)32)20(30)24-12-19-27-26-18-7-3-4-10-28(18)19/h1-2,5-6,8-9,11H,3-4,7,10,12H2,(H,24,30)(H,25,32). The minimum Gasteiger partial charge on any atom is -0.345 e. The molecular formula is C22H19FN6O2S. The summed E-state index contributed by atoms with van der Waals surface area (Å²) < 4.78 is 17.4. The largest absolute Gasteiger partial charge is 0.345 e. The number of benzene rings is 2. The number of para-hydroxylation sites is 1. The van der Waals surface area contributed by atoms with E-state index in [1.807, 2.05) is 4.57 Å². The van der Waals surface area contributed by atoms with Gasteiger partial charge in [0.15, 0.2) is 10.6 Å². The van der Waals surface area contributed by atoms with Gasteiger partial charge in [-0.2, -0.15) is 0 Å². The van der Waals surface area contributed by atoms with Gasteiger partial charge in [-0.1, -0.05) is 12.1 Å². The Bertz CT molecular complexity index is 1470. The number of H-pyrrole nitrogens is 1. The van der Waals surface area contributed by atoms with Gasteiger partial charge in [-0.3, -0.25) is 9.59 Å². The van der Waals surface area contributed by atoms with Crippen molar-refractivity contribution in [2.75, 3.05) is 0 Å². The average Bonchev–Trinajstić information content (AvgIpc) is 3.21. The van der Waals surface area contributed by atoms with E-state index in [4.69, 9.17) is 12.2 Å². The van der Waals surface area contributed by atoms with Gasteiger partial charge in [-0.05, 0) is 55.4 Å². The molecular weight excluding hydrogens is 431 g/mol. The molecule has 162 valence electrons. The highest BCUT2D eigenvalue weighted by atomic mass is 32.1. The fraction of sp³-hybridized carbons (Fsp3) is 0.227. The van der Waals surface area contributed by atoms with E-state index < -0.39 is 11.4 Å². The Hall–Kier alpha value is -3.66. The fourth-order valence-electron chi connectivity index (χ4n) is 3.97. The normalized spacial score (nSPS) is 13.2. The maximum absolute atomic E-state index is 14.2. The van der Waals surface area contributed by atoms with E-state index in [1.54, 1.807) is 18.2 Å². The number of aryl methyl sites for hydroxylation is 1. The quantitative estimate of drug-likeness (QED) is 0.466. The Balaban J connectivity index is 1.44. The molecule has 0 saturated carbocycles. The van der Waals surface area contributed by atoms with Gasteiger partial charge in [0.1, 0.15) is 11.6 Å². The maximum atomic E-state index is 14.2. The van der Waals surface area contributed by atoms with Crippen molar-refractivity contribution in [3.8, 4) is 5.69 Å². The van der Waals surface area contributed by atoms with E-state index in [-0.39, 0.29) is 22.9 Å². The number of fused-ring (bicyclic) bond motifs is 2. The van der Waals surface area contributed by atoms with E-state index in [1.165, 1.54) is 24.3 Å². The molecule has 2 aromatic carbocycles. The first-order valence-corrected chi connectivity index (χ1v) is 10.7. The molecule has 0 fully saturated rings. The summed E-state index contributed by atoms with van der Waals surface area (Å²) in [6.07, 6.45) is 3.07. The van der Waals surface area contributed by atoms with Crippen LogP contribution in [0.25, 0.3) is 16.6 Å². The van der Waals surface area contributed by atoms with Crippen LogP contribution in [0.15, 0.2) is 47.3 Å². The second-order valence-electron chi connectivity index (χ2n) is 7.61. The van der Waals surface area contributed by atoms with Crippen LogP contribution in [0.5, 0.6) is 0 Å². The zero-order chi connectivity index (χ0) is 22.2. The van der Waals surface area contributed by atoms with Gasteiger partial charge in [0, 0.05) is 18.5 Å². The van der Waals surface area contributed by atoms with Crippen molar-refractivity contribution >= 4 is 29.0 Å². The highest BCUT2D eigenvalue weighted by Gasteiger charge is 2.17. The molecule has 8 nitrogen and oxygen atoms in total. The summed E-state index contributed by atoms with van der Waals surface area (Å²) in [4.78, 5) is 28.6. The summed E-state index contributed by atoms with van der Waals surface area (Å²) in [6, 6.07) is 10.6. The molecule has 2 aromatic heterocycles. The van der Waals surface area contributed by atoms with Crippen molar-refractivity contribution in [1.29, 1.82) is 0 Å². The number of hydrogen-bond acceptors (Lipinski definition) is 5. The second-order valence-corrected chi connectivity index (χ2v) is 7.99. The molecule has 10 heteroatoms. The van der Waals surface area contributed by atoms with Crippen molar-refractivity contribution in [3.63, 3.8) is 0 Å². The highest BCUT2D eigenvalue weighted by molar-refractivity contribution is 7.71. The molecule has 5 rings (SSSR count). The minimum absolute atomic E-state index is 0.0419. The minimum atomic E-state index is -0.555. The van der Waals surface area contributed by atoms with Crippen LogP contribution in [0.2, 0.25) is 0 Å². The maximum Gasteiger partial charge on any atom is 0.266 e. The number of aromatic amines is 1. The lowest BCUT2D eigenvalue weighted by Crippen LogP contribution is -2.26. The smallest absolute Gasteiger partial charge is 0.266 e. The average molecular weight is 450 g/mol. The molecule has 0 spiro atoms. The Morgan fingerprint density at radius 3 is 2.88 bits per heavy atom. The summed E-state index contributed by atoms with van der Waals surface area (Å²) >= 11 is 5.30. The van der Waals surface area contributed by atoms with Crippen LogP contribution in [0.4, 0.5) is 4.39 Å². The number of carbonyl (C=O) groups is 1. The number of rotatable bonds is 4. The van der Waals surface area contributed by atoms with Crippen LogP contribution in [-0.2, 0) is 19.5 Å². The third-order valence-corrected chi connectivity index (χ3v) is 5.88. The Morgan fingerprint density at radius 1 is 1.19 bits per heavy atom. The predicted octanol–water partition coefficient (Wildman–Crippen LogP) is 3.05. The van der Waals surface area contributed by atoms with Crippen LogP contribution >= 0.6 is 12.2 Å². The Labute approximate surface area is 186 Å². The first kappa shape index (κ1) is 20.3. The molecule has 0 bridgehead atoms. The summed E-state index contributed by atoms with van der Waals surface area (Å²) in [6.45, 7) is 1.11. The molecule has 1 aliphatic rings. The topological polar surface area (TPSA) is 97.6 Å². The van der Waals surface area contributed by atoms with Crippen LogP contribution < -0.4 is 10.9 Å². The van der Waals surface area contributed by atoms with Crippen molar-refractivity contribution in [1.82, 2.24) is 29.6 Å². The SMILES string of the molecule is O=C(NCc1nnc2n1CCCC2)c1ccc2c(=O)n(-c3ccccc3F)c(=S)[nH]c2c1. The first-order valence-electron chi connectivity index (χ1n) is 10.3. The summed E-state index contributed by atoms with van der Waals surface area (Å²) in [5, 5.41) is 11.5. The lowest BCUT2D eigenvalue weighted by atomic mass is 10.1. The third kappa shape index (κ3) is 3.52. The zero-order valence-electron chi connectivity index (χ0n) is 17.0. The molecule has 1 aliphatic heterocycles. The van der Waals surface area contributed by atoms with Crippen molar-refractivity contribution < 1.29 is 9.18 Å². The predicted molar refractivity (Wildman–Crippen MR) is 119 cm³/mol. The van der Waals surface area contributed by atoms with E-state index in [0.717, 1.165) is 42.0 Å². The Kier molecular flexibility index (Phi) is 5.14. The summed E-state index contributed by atoms with van der Waals surface area (Å²) in [5.41, 5.74) is 0.375. The van der Waals surface area contributed by atoms with Gasteiger partial charge < -0.3 is 14.9 Å². The zero-order valence-corrected chi connectivity index (χ0v) is 17.8. The molecule has 0 atom stereocenters. The number of halogens is 1. The number of nitrogens with zero attached hydrogens (tertiary/aromatic N) is 4. The molecule has 0 unspecified atom stereocenters. The van der Waals surface area contributed by atoms with Gasteiger partial charge in [-0.15, -0.1) is 10.2 Å². The first-order chi connectivity index (χ1) is 15.5. The lowest BCUT2D eigenvalue weighted by Gasteiger charge is -2.15. The summed E-state index contributed by atoms with van der Waals surface area (Å²) in [7, 11) is 0. The van der Waals surface area contributed by atoms with Gasteiger partial charge in [0.2, 0.25) is 0 Å². The molecule has 1 amide bonds. The van der Waals surface area contributed by atoms with Crippen molar-refractivity contribution in [2.24, 2.45) is 0 Å². The molecule has 3 heterocycles. The molecule has 32 heavy (non-hydrogen) atoms. The van der Waals surface area contributed by atoms with Crippen molar-refractivity contribution in [2.45, 2.75) is 32.4 Å². The van der Waals surface area contributed by atoms with E-state index >= 15 is 0 Å². The number of aromatic nitrogens is 5. The van der Waals surface area contributed by atoms with Crippen LogP contribution in [0.1, 0.15) is 34.8 Å². The monoisotopic (exact) mass is 450 g/mol. The van der Waals surface area contributed by atoms with Gasteiger partial charge >= 0.3 is 0 Å². The summed E-state index contributed by atoms with van der Waals surface area (Å²) in [5.74, 6) is 0.809. The van der Waals surface area contributed by atoms with E-state index in [0.29, 0.717) is 16.5 Å². The van der Waals surface area contributed by atoms with E-state index in [2.05, 4.69) is 20.5 Å². The second kappa shape index (κ2) is 8.12.